The second-order valence-corrected chi connectivity index (χ2v) is 11.7. The molecule has 0 atom stereocenters. The molecule has 37 heavy (non-hydrogen) atoms. The van der Waals surface area contributed by atoms with E-state index in [0.29, 0.717) is 30.8 Å². The lowest BCUT2D eigenvalue weighted by Crippen LogP contribution is -2.34. The Hall–Kier alpha value is -2.81. The number of allylic oxidation sites excluding steroid dienone is 1. The normalized spacial score (nSPS) is 15.8. The summed E-state index contributed by atoms with van der Waals surface area (Å²) in [4.78, 5) is 28.0. The smallest absolute Gasteiger partial charge is 0.252 e. The summed E-state index contributed by atoms with van der Waals surface area (Å²) < 4.78 is 28.0. The van der Waals surface area contributed by atoms with E-state index in [1.54, 1.807) is 18.2 Å². The average molecular weight is 524 g/mol. The number of benzene rings is 2. The van der Waals surface area contributed by atoms with Gasteiger partial charge in [-0.1, -0.05) is 50.6 Å². The molecular weight excluding hydrogens is 486 g/mol. The van der Waals surface area contributed by atoms with Crippen molar-refractivity contribution < 1.29 is 18.0 Å². The molecule has 0 fully saturated rings. The van der Waals surface area contributed by atoms with Crippen LogP contribution in [0.25, 0.3) is 5.57 Å². The largest absolute Gasteiger partial charge is 0.352 e. The van der Waals surface area contributed by atoms with Gasteiger partial charge in [0.15, 0.2) is 5.78 Å². The number of nitrogens with zero attached hydrogens (tertiary/aromatic N) is 2. The number of hydrogen-bond donors (Lipinski definition) is 1. The summed E-state index contributed by atoms with van der Waals surface area (Å²) >= 11 is 0. The fourth-order valence-corrected chi connectivity index (χ4v) is 6.58. The predicted octanol–water partition coefficient (Wildman–Crippen LogP) is 3.57. The van der Waals surface area contributed by atoms with Crippen molar-refractivity contribution in [2.45, 2.75) is 57.4 Å². The molecule has 2 aromatic rings. The van der Waals surface area contributed by atoms with E-state index < -0.39 is 10.0 Å². The van der Waals surface area contributed by atoms with Gasteiger partial charge < -0.3 is 5.32 Å². The van der Waals surface area contributed by atoms with Crippen LogP contribution in [0.1, 0.15) is 55.4 Å². The van der Waals surface area contributed by atoms with Gasteiger partial charge in [0.2, 0.25) is 10.0 Å². The molecule has 0 unspecified atom stereocenters. The van der Waals surface area contributed by atoms with Gasteiger partial charge in [0.25, 0.3) is 5.91 Å². The molecule has 2 aromatic carbocycles. The molecule has 2 aliphatic rings. The third-order valence-electron chi connectivity index (χ3n) is 7.18. The summed E-state index contributed by atoms with van der Waals surface area (Å²) in [6, 6.07) is 13.3. The van der Waals surface area contributed by atoms with Gasteiger partial charge in [0, 0.05) is 45.7 Å². The van der Waals surface area contributed by atoms with Crippen molar-refractivity contribution in [1.29, 1.82) is 0 Å². The number of rotatable bonds is 11. The minimum Gasteiger partial charge on any atom is -0.352 e. The number of unbranched alkanes of at least 4 members (excludes halogenated alkanes) is 1. The molecule has 0 saturated carbocycles. The van der Waals surface area contributed by atoms with Gasteiger partial charge in [0.1, 0.15) is 0 Å². The number of carbonyl (C=O) groups is 2. The van der Waals surface area contributed by atoms with E-state index in [4.69, 9.17) is 0 Å². The van der Waals surface area contributed by atoms with Crippen LogP contribution in [-0.2, 0) is 39.0 Å². The first-order valence-corrected chi connectivity index (χ1v) is 14.7. The Bertz CT molecular complexity index is 1290. The topological polar surface area (TPSA) is 86.8 Å². The minimum atomic E-state index is -3.69. The lowest BCUT2D eigenvalue weighted by Gasteiger charge is -2.28. The van der Waals surface area contributed by atoms with Gasteiger partial charge in [-0.15, -0.1) is 0 Å². The van der Waals surface area contributed by atoms with Gasteiger partial charge >= 0.3 is 0 Å². The third-order valence-corrected chi connectivity index (χ3v) is 9.15. The van der Waals surface area contributed by atoms with Crippen molar-refractivity contribution in [2.75, 3.05) is 32.7 Å². The SMILES string of the molecule is CCCCN(CC)S(=O)(=O)c1ccc2c(c1)C(C(=O)NCCCN1CCc3ccccc3C1)=CC(=O)C2. The third kappa shape index (κ3) is 6.37. The number of carbonyl (C=O) groups excluding carboxylic acids is 2. The molecule has 0 saturated heterocycles. The Morgan fingerprint density at radius 1 is 1.05 bits per heavy atom. The van der Waals surface area contributed by atoms with Gasteiger partial charge in [0.05, 0.1) is 10.5 Å². The summed E-state index contributed by atoms with van der Waals surface area (Å²) in [5.74, 6) is -0.496. The highest BCUT2D eigenvalue weighted by molar-refractivity contribution is 7.89. The van der Waals surface area contributed by atoms with Crippen LogP contribution in [0, 0.1) is 0 Å². The first-order valence-electron chi connectivity index (χ1n) is 13.3. The van der Waals surface area contributed by atoms with Gasteiger partial charge in [-0.05, 0) is 59.7 Å². The Kier molecular flexibility index (Phi) is 8.95. The molecule has 1 aliphatic carbocycles. The molecule has 1 aliphatic heterocycles. The van der Waals surface area contributed by atoms with Crippen LogP contribution in [-0.4, -0.2) is 62.0 Å². The standard InChI is InChI=1S/C29H37N3O4S/c1-3-5-16-32(4-2)37(35,36)26-12-11-23-18-25(33)19-28(27(23)20-26)29(34)30-14-8-15-31-17-13-22-9-6-7-10-24(22)21-31/h6-7,9-12,19-20H,3-5,8,13-18,21H2,1-2H3,(H,30,34). The highest BCUT2D eigenvalue weighted by Crippen LogP contribution is 2.29. The Balaban J connectivity index is 1.41. The predicted molar refractivity (Wildman–Crippen MR) is 146 cm³/mol. The summed E-state index contributed by atoms with van der Waals surface area (Å²) in [6.07, 6.45) is 5.02. The van der Waals surface area contributed by atoms with E-state index >= 15 is 0 Å². The Morgan fingerprint density at radius 2 is 1.84 bits per heavy atom. The molecule has 0 bridgehead atoms. The molecule has 0 spiro atoms. The van der Waals surface area contributed by atoms with E-state index in [-0.39, 0.29) is 28.6 Å². The van der Waals surface area contributed by atoms with Crippen molar-refractivity contribution in [3.05, 3.63) is 70.8 Å². The summed E-state index contributed by atoms with van der Waals surface area (Å²) in [7, 11) is -3.69. The fraction of sp³-hybridized carbons (Fsp3) is 0.448. The number of amides is 1. The van der Waals surface area contributed by atoms with Crippen molar-refractivity contribution in [3.63, 3.8) is 0 Å². The Labute approximate surface area is 220 Å². The zero-order valence-corrected chi connectivity index (χ0v) is 22.6. The van der Waals surface area contributed by atoms with Gasteiger partial charge in [-0.25, -0.2) is 8.42 Å². The van der Waals surface area contributed by atoms with Crippen LogP contribution in [0.3, 0.4) is 0 Å². The zero-order chi connectivity index (χ0) is 26.4. The number of ketones is 1. The zero-order valence-electron chi connectivity index (χ0n) is 21.8. The van der Waals surface area contributed by atoms with Crippen LogP contribution in [0.2, 0.25) is 0 Å². The van der Waals surface area contributed by atoms with Crippen LogP contribution in [0.15, 0.2) is 53.4 Å². The number of fused-ring (bicyclic) bond motifs is 2. The molecular formula is C29H37N3O4S. The van der Waals surface area contributed by atoms with Crippen LogP contribution in [0.4, 0.5) is 0 Å². The first-order chi connectivity index (χ1) is 17.8. The maximum atomic E-state index is 13.3. The van der Waals surface area contributed by atoms with Crippen molar-refractivity contribution >= 4 is 27.3 Å². The fourth-order valence-electron chi connectivity index (χ4n) is 5.06. The maximum absolute atomic E-state index is 13.3. The van der Waals surface area contributed by atoms with Crippen molar-refractivity contribution in [1.82, 2.24) is 14.5 Å². The molecule has 1 heterocycles. The van der Waals surface area contributed by atoms with E-state index in [9.17, 15) is 18.0 Å². The monoisotopic (exact) mass is 523 g/mol. The molecule has 8 heteroatoms. The molecule has 1 N–H and O–H groups in total. The molecule has 4 rings (SSSR count). The lowest BCUT2D eigenvalue weighted by atomic mass is 9.89. The van der Waals surface area contributed by atoms with Crippen LogP contribution in [0.5, 0.6) is 0 Å². The highest BCUT2D eigenvalue weighted by Gasteiger charge is 2.28. The average Bonchev–Trinajstić information content (AvgIpc) is 2.90. The molecule has 0 radical (unpaired) electrons. The molecule has 0 aromatic heterocycles. The second-order valence-electron chi connectivity index (χ2n) is 9.77. The van der Waals surface area contributed by atoms with Crippen LogP contribution < -0.4 is 5.32 Å². The maximum Gasteiger partial charge on any atom is 0.252 e. The second kappa shape index (κ2) is 12.2. The van der Waals surface area contributed by atoms with Crippen molar-refractivity contribution in [2.24, 2.45) is 0 Å². The van der Waals surface area contributed by atoms with Gasteiger partial charge in [-0.2, -0.15) is 4.31 Å². The quantitative estimate of drug-likeness (QED) is 0.455. The number of nitrogens with one attached hydrogen (secondary N) is 1. The lowest BCUT2D eigenvalue weighted by molar-refractivity contribution is -0.117. The summed E-state index contributed by atoms with van der Waals surface area (Å²) in [5, 5.41) is 2.95. The molecule has 1 amide bonds. The molecule has 7 nitrogen and oxygen atoms in total. The number of hydrogen-bond acceptors (Lipinski definition) is 5. The highest BCUT2D eigenvalue weighted by atomic mass is 32.2. The summed E-state index contributed by atoms with van der Waals surface area (Å²) in [6.45, 7) is 7.96. The minimum absolute atomic E-state index is 0.154. The van der Waals surface area contributed by atoms with E-state index in [2.05, 4.69) is 34.5 Å². The molecule has 198 valence electrons. The van der Waals surface area contributed by atoms with E-state index in [1.165, 1.54) is 21.5 Å². The van der Waals surface area contributed by atoms with Gasteiger partial charge in [-0.3, -0.25) is 14.5 Å². The van der Waals surface area contributed by atoms with E-state index in [0.717, 1.165) is 45.3 Å². The van der Waals surface area contributed by atoms with Crippen LogP contribution >= 0.6 is 0 Å². The summed E-state index contributed by atoms with van der Waals surface area (Å²) in [5.41, 5.74) is 4.22. The number of sulfonamides is 1. The van der Waals surface area contributed by atoms with Crippen molar-refractivity contribution in [3.8, 4) is 0 Å². The Morgan fingerprint density at radius 3 is 2.59 bits per heavy atom. The van der Waals surface area contributed by atoms with E-state index in [1.807, 2.05) is 13.8 Å². The first kappa shape index (κ1) is 27.2.